The van der Waals surface area contributed by atoms with Crippen molar-refractivity contribution in [3.63, 3.8) is 0 Å². The monoisotopic (exact) mass is 292 g/mol. The Bertz CT molecular complexity index is 466. The number of hydrogen-bond donors (Lipinski definition) is 2. The van der Waals surface area contributed by atoms with Crippen molar-refractivity contribution in [3.05, 3.63) is 24.0 Å². The Morgan fingerprint density at radius 2 is 1.95 bits per heavy atom. The summed E-state index contributed by atoms with van der Waals surface area (Å²) in [6, 6.07) is 2.17. The number of aliphatic hydroxyl groups excluding tert-OH is 1. The van der Waals surface area contributed by atoms with Gasteiger partial charge in [0.05, 0.1) is 17.6 Å². The SMILES string of the molecule is CC(C)(C)OC(=O)Nc1ccc(C(O)C(F)(F)F)nc1. The van der Waals surface area contributed by atoms with Gasteiger partial charge in [-0.05, 0) is 32.9 Å². The number of rotatable bonds is 2. The molecule has 2 N–H and O–H groups in total. The molecule has 112 valence electrons. The molecule has 0 bridgehead atoms. The van der Waals surface area contributed by atoms with Gasteiger partial charge >= 0.3 is 12.3 Å². The zero-order chi connectivity index (χ0) is 15.6. The molecule has 1 aromatic heterocycles. The van der Waals surface area contributed by atoms with Crippen molar-refractivity contribution in [2.45, 2.75) is 38.7 Å². The second kappa shape index (κ2) is 5.66. The standard InChI is InChI=1S/C12H15F3N2O3/c1-11(2,3)20-10(19)17-7-4-5-8(16-6-7)9(18)12(13,14)15/h4-6,9,18H,1-3H3,(H,17,19). The fourth-order valence-corrected chi connectivity index (χ4v) is 1.23. The highest BCUT2D eigenvalue weighted by Gasteiger charge is 2.40. The summed E-state index contributed by atoms with van der Waals surface area (Å²) in [7, 11) is 0. The van der Waals surface area contributed by atoms with E-state index in [1.54, 1.807) is 20.8 Å². The molecule has 5 nitrogen and oxygen atoms in total. The topological polar surface area (TPSA) is 71.5 Å². The largest absolute Gasteiger partial charge is 0.444 e. The smallest absolute Gasteiger partial charge is 0.420 e. The van der Waals surface area contributed by atoms with Crippen molar-refractivity contribution in [2.75, 3.05) is 5.32 Å². The lowest BCUT2D eigenvalue weighted by Crippen LogP contribution is -2.27. The molecule has 0 fully saturated rings. The van der Waals surface area contributed by atoms with Crippen molar-refractivity contribution < 1.29 is 27.8 Å². The van der Waals surface area contributed by atoms with Crippen LogP contribution in [0.1, 0.15) is 32.6 Å². The quantitative estimate of drug-likeness (QED) is 0.879. The second-order valence-corrected chi connectivity index (χ2v) is 5.04. The van der Waals surface area contributed by atoms with Crippen LogP contribution in [-0.2, 0) is 4.74 Å². The van der Waals surface area contributed by atoms with Crippen LogP contribution >= 0.6 is 0 Å². The number of carbonyl (C=O) groups excluding carboxylic acids is 1. The number of hydrogen-bond acceptors (Lipinski definition) is 4. The summed E-state index contributed by atoms with van der Waals surface area (Å²) in [5.41, 5.74) is -1.08. The number of alkyl halides is 3. The molecule has 0 aromatic carbocycles. The molecule has 1 amide bonds. The van der Waals surface area contributed by atoms with E-state index in [2.05, 4.69) is 10.3 Å². The van der Waals surface area contributed by atoms with Crippen molar-refractivity contribution in [3.8, 4) is 0 Å². The van der Waals surface area contributed by atoms with E-state index >= 15 is 0 Å². The Morgan fingerprint density at radius 3 is 2.35 bits per heavy atom. The third-order valence-electron chi connectivity index (χ3n) is 2.02. The van der Waals surface area contributed by atoms with Crippen LogP contribution in [-0.4, -0.2) is 28.0 Å². The molecule has 0 aliphatic heterocycles. The number of anilines is 1. The number of nitrogens with zero attached hydrogens (tertiary/aromatic N) is 1. The number of ether oxygens (including phenoxy) is 1. The number of nitrogens with one attached hydrogen (secondary N) is 1. The maximum absolute atomic E-state index is 12.3. The first-order valence-electron chi connectivity index (χ1n) is 5.70. The fourth-order valence-electron chi connectivity index (χ4n) is 1.23. The summed E-state index contributed by atoms with van der Waals surface area (Å²) in [5, 5.41) is 11.3. The molecular formula is C12H15F3N2O3. The molecule has 0 saturated heterocycles. The number of pyridine rings is 1. The van der Waals surface area contributed by atoms with Gasteiger partial charge in [-0.1, -0.05) is 0 Å². The number of halogens is 3. The van der Waals surface area contributed by atoms with Crippen molar-refractivity contribution in [1.29, 1.82) is 0 Å². The molecule has 20 heavy (non-hydrogen) atoms. The molecule has 0 aliphatic rings. The van der Waals surface area contributed by atoms with Crippen molar-refractivity contribution >= 4 is 11.8 Å². The first-order chi connectivity index (χ1) is 8.99. The van der Waals surface area contributed by atoms with E-state index in [9.17, 15) is 18.0 Å². The van der Waals surface area contributed by atoms with Crippen LogP contribution < -0.4 is 5.32 Å². The Balaban J connectivity index is 2.70. The first kappa shape index (κ1) is 16.2. The summed E-state index contributed by atoms with van der Waals surface area (Å²) >= 11 is 0. The minimum Gasteiger partial charge on any atom is -0.444 e. The van der Waals surface area contributed by atoms with E-state index in [0.717, 1.165) is 12.3 Å². The average Bonchev–Trinajstić information content (AvgIpc) is 2.25. The van der Waals surface area contributed by atoms with E-state index in [0.29, 0.717) is 0 Å². The van der Waals surface area contributed by atoms with E-state index in [1.165, 1.54) is 6.07 Å². The summed E-state index contributed by atoms with van der Waals surface area (Å²) in [4.78, 5) is 14.9. The Morgan fingerprint density at radius 1 is 1.35 bits per heavy atom. The summed E-state index contributed by atoms with van der Waals surface area (Å²) in [6.07, 6.45) is -7.18. The average molecular weight is 292 g/mol. The van der Waals surface area contributed by atoms with Crippen LogP contribution in [0.15, 0.2) is 18.3 Å². The van der Waals surface area contributed by atoms with E-state index in [4.69, 9.17) is 9.84 Å². The summed E-state index contributed by atoms with van der Waals surface area (Å²) < 4.78 is 41.7. The van der Waals surface area contributed by atoms with Crippen LogP contribution in [0.4, 0.5) is 23.7 Å². The molecule has 0 radical (unpaired) electrons. The highest BCUT2D eigenvalue weighted by Crippen LogP contribution is 2.31. The summed E-state index contributed by atoms with van der Waals surface area (Å²) in [6.45, 7) is 5.02. The zero-order valence-electron chi connectivity index (χ0n) is 11.2. The van der Waals surface area contributed by atoms with Gasteiger partial charge in [0, 0.05) is 0 Å². The van der Waals surface area contributed by atoms with Gasteiger partial charge in [0.25, 0.3) is 0 Å². The van der Waals surface area contributed by atoms with Gasteiger partial charge in [0.15, 0.2) is 6.10 Å². The van der Waals surface area contributed by atoms with Crippen molar-refractivity contribution in [1.82, 2.24) is 4.98 Å². The maximum Gasteiger partial charge on any atom is 0.420 e. The van der Waals surface area contributed by atoms with Gasteiger partial charge in [0.1, 0.15) is 5.60 Å². The fraction of sp³-hybridized carbons (Fsp3) is 0.500. The normalized spacial score (nSPS) is 13.8. The molecule has 8 heteroatoms. The Labute approximate surface area is 113 Å². The molecule has 1 unspecified atom stereocenters. The lowest BCUT2D eigenvalue weighted by atomic mass is 10.2. The van der Waals surface area contributed by atoms with Gasteiger partial charge < -0.3 is 9.84 Å². The van der Waals surface area contributed by atoms with E-state index in [-0.39, 0.29) is 5.69 Å². The van der Waals surface area contributed by atoms with Gasteiger partial charge in [-0.15, -0.1) is 0 Å². The molecular weight excluding hydrogens is 277 g/mol. The van der Waals surface area contributed by atoms with E-state index in [1.807, 2.05) is 0 Å². The van der Waals surface area contributed by atoms with Crippen LogP contribution in [0.3, 0.4) is 0 Å². The van der Waals surface area contributed by atoms with Crippen molar-refractivity contribution in [2.24, 2.45) is 0 Å². The second-order valence-electron chi connectivity index (χ2n) is 5.04. The zero-order valence-corrected chi connectivity index (χ0v) is 11.2. The molecule has 0 saturated carbocycles. The molecule has 0 aliphatic carbocycles. The summed E-state index contributed by atoms with van der Waals surface area (Å²) in [5.74, 6) is 0. The minimum absolute atomic E-state index is 0.164. The molecule has 0 spiro atoms. The highest BCUT2D eigenvalue weighted by molar-refractivity contribution is 5.84. The van der Waals surface area contributed by atoms with Crippen LogP contribution in [0.2, 0.25) is 0 Å². The molecule has 1 aromatic rings. The third kappa shape index (κ3) is 5.04. The highest BCUT2D eigenvalue weighted by atomic mass is 19.4. The predicted molar refractivity (Wildman–Crippen MR) is 65.1 cm³/mol. The lowest BCUT2D eigenvalue weighted by molar-refractivity contribution is -0.207. The van der Waals surface area contributed by atoms with Crippen LogP contribution in [0, 0.1) is 0 Å². The molecule has 1 atom stereocenters. The minimum atomic E-state index is -4.78. The van der Waals surface area contributed by atoms with Crippen LogP contribution in [0.25, 0.3) is 0 Å². The van der Waals surface area contributed by atoms with Gasteiger partial charge in [-0.2, -0.15) is 13.2 Å². The van der Waals surface area contributed by atoms with Gasteiger partial charge in [-0.25, -0.2) is 4.79 Å². The Kier molecular flexibility index (Phi) is 4.59. The molecule has 1 rings (SSSR count). The number of aliphatic hydroxyl groups is 1. The third-order valence-corrected chi connectivity index (χ3v) is 2.02. The predicted octanol–water partition coefficient (Wildman–Crippen LogP) is 3.02. The number of amides is 1. The number of carbonyl (C=O) groups is 1. The number of aromatic nitrogens is 1. The van der Waals surface area contributed by atoms with E-state index < -0.39 is 29.7 Å². The van der Waals surface area contributed by atoms with Crippen LogP contribution in [0.5, 0.6) is 0 Å². The maximum atomic E-state index is 12.3. The Hall–Kier alpha value is -1.83. The van der Waals surface area contributed by atoms with Gasteiger partial charge in [0.2, 0.25) is 0 Å². The first-order valence-corrected chi connectivity index (χ1v) is 5.70. The van der Waals surface area contributed by atoms with Gasteiger partial charge in [-0.3, -0.25) is 10.3 Å². The lowest BCUT2D eigenvalue weighted by Gasteiger charge is -2.19. The molecule has 1 heterocycles.